The fourth-order valence-corrected chi connectivity index (χ4v) is 6.11. The number of esters is 1. The van der Waals surface area contributed by atoms with E-state index in [1.165, 1.54) is 0 Å². The van der Waals surface area contributed by atoms with Crippen molar-refractivity contribution in [2.45, 2.75) is 82.6 Å². The van der Waals surface area contributed by atoms with E-state index in [9.17, 15) is 4.79 Å². The molecule has 2 saturated heterocycles. The van der Waals surface area contributed by atoms with E-state index < -0.39 is 23.4 Å². The number of fused-ring (bicyclic) bond motifs is 1. The Bertz CT molecular complexity index is 1100. The van der Waals surface area contributed by atoms with E-state index in [4.69, 9.17) is 18.9 Å². The van der Waals surface area contributed by atoms with Gasteiger partial charge in [-0.15, -0.1) is 0 Å². The average Bonchev–Trinajstić information content (AvgIpc) is 2.94. The van der Waals surface area contributed by atoms with Gasteiger partial charge in [0.1, 0.15) is 17.6 Å². The molecule has 5 rings (SSSR count). The second-order valence-corrected chi connectivity index (χ2v) is 11.1. The SMILES string of the molecule is CCCCCC1OC(C)(C)OC2CC(COC(c3ccccc3)(c3ccccc3)c3ccccc3)OC(=O)C12. The normalized spacial score (nSPS) is 24.5. The molecule has 0 aliphatic carbocycles. The summed E-state index contributed by atoms with van der Waals surface area (Å²) in [5, 5.41) is 0. The molecule has 2 heterocycles. The molecule has 4 atom stereocenters. The van der Waals surface area contributed by atoms with Crippen molar-refractivity contribution in [3.05, 3.63) is 108 Å². The van der Waals surface area contributed by atoms with Crippen LogP contribution in [-0.2, 0) is 29.3 Å². The van der Waals surface area contributed by atoms with Gasteiger partial charge < -0.3 is 18.9 Å². The van der Waals surface area contributed by atoms with Crippen molar-refractivity contribution in [3.63, 3.8) is 0 Å². The standard InChI is InChI=1S/C34H40O5/c1-4-5-9-22-29-31-30(39-33(2,3)38-29)23-28(37-32(31)35)24-36-34(25-16-10-6-11-17-25,26-18-12-7-13-19-26)27-20-14-8-15-21-27/h6-8,10-21,28-31H,4-5,9,22-24H2,1-3H3. The van der Waals surface area contributed by atoms with Crippen LogP contribution >= 0.6 is 0 Å². The second kappa shape index (κ2) is 12.0. The van der Waals surface area contributed by atoms with Gasteiger partial charge >= 0.3 is 5.97 Å². The molecule has 0 saturated carbocycles. The van der Waals surface area contributed by atoms with Gasteiger partial charge in [-0.3, -0.25) is 4.79 Å². The number of carbonyl (C=O) groups excluding carboxylic acids is 1. The summed E-state index contributed by atoms with van der Waals surface area (Å²) in [6.07, 6.45) is 3.76. The van der Waals surface area contributed by atoms with Crippen molar-refractivity contribution >= 4 is 5.97 Å². The highest BCUT2D eigenvalue weighted by Crippen LogP contribution is 2.43. The molecule has 0 radical (unpaired) electrons. The fraction of sp³-hybridized carbons (Fsp3) is 0.441. The number of hydrogen-bond donors (Lipinski definition) is 0. The van der Waals surface area contributed by atoms with Gasteiger partial charge in [-0.25, -0.2) is 0 Å². The molecule has 2 aliphatic rings. The molecular weight excluding hydrogens is 488 g/mol. The third-order valence-electron chi connectivity index (χ3n) is 7.84. The summed E-state index contributed by atoms with van der Waals surface area (Å²) in [6, 6.07) is 30.7. The van der Waals surface area contributed by atoms with Crippen molar-refractivity contribution < 1.29 is 23.7 Å². The molecule has 2 fully saturated rings. The van der Waals surface area contributed by atoms with Gasteiger partial charge in [0.2, 0.25) is 0 Å². The fourth-order valence-electron chi connectivity index (χ4n) is 6.11. The molecule has 0 N–H and O–H groups in total. The summed E-state index contributed by atoms with van der Waals surface area (Å²) in [7, 11) is 0. The third kappa shape index (κ3) is 5.96. The van der Waals surface area contributed by atoms with E-state index in [0.29, 0.717) is 6.42 Å². The van der Waals surface area contributed by atoms with Crippen molar-refractivity contribution in [2.24, 2.45) is 5.92 Å². The molecule has 5 nitrogen and oxygen atoms in total. The zero-order chi connectivity index (χ0) is 27.3. The molecular formula is C34H40O5. The van der Waals surface area contributed by atoms with Crippen molar-refractivity contribution in [1.29, 1.82) is 0 Å². The maximum Gasteiger partial charge on any atom is 0.314 e. The summed E-state index contributed by atoms with van der Waals surface area (Å²) < 4.78 is 25.5. The van der Waals surface area contributed by atoms with E-state index in [1.54, 1.807) is 0 Å². The highest BCUT2D eigenvalue weighted by atomic mass is 16.7. The smallest absolute Gasteiger partial charge is 0.314 e. The molecule has 0 aromatic heterocycles. The van der Waals surface area contributed by atoms with Gasteiger partial charge in [0.05, 0.1) is 18.8 Å². The molecule has 3 aromatic rings. The Morgan fingerprint density at radius 2 is 1.36 bits per heavy atom. The summed E-state index contributed by atoms with van der Waals surface area (Å²) in [5.41, 5.74) is 2.18. The third-order valence-corrected chi connectivity index (χ3v) is 7.84. The van der Waals surface area contributed by atoms with Crippen LogP contribution in [0.3, 0.4) is 0 Å². The number of benzene rings is 3. The van der Waals surface area contributed by atoms with Crippen LogP contribution in [0, 0.1) is 5.92 Å². The topological polar surface area (TPSA) is 54.0 Å². The van der Waals surface area contributed by atoms with E-state index >= 15 is 0 Å². The van der Waals surface area contributed by atoms with Crippen LogP contribution in [0.1, 0.15) is 69.6 Å². The minimum Gasteiger partial charge on any atom is -0.459 e. The predicted octanol–water partition coefficient (Wildman–Crippen LogP) is 7.03. The molecule has 0 amide bonds. The summed E-state index contributed by atoms with van der Waals surface area (Å²) in [5.74, 6) is -1.40. The summed E-state index contributed by atoms with van der Waals surface area (Å²) in [6.45, 7) is 6.29. The lowest BCUT2D eigenvalue weighted by molar-refractivity contribution is -0.331. The molecule has 39 heavy (non-hydrogen) atoms. The van der Waals surface area contributed by atoms with Crippen molar-refractivity contribution in [2.75, 3.05) is 6.61 Å². The first-order valence-electron chi connectivity index (χ1n) is 14.3. The quantitative estimate of drug-likeness (QED) is 0.161. The zero-order valence-electron chi connectivity index (χ0n) is 23.3. The van der Waals surface area contributed by atoms with E-state index in [1.807, 2.05) is 68.4 Å². The van der Waals surface area contributed by atoms with Gasteiger partial charge in [-0.2, -0.15) is 0 Å². The Morgan fingerprint density at radius 3 is 1.87 bits per heavy atom. The molecule has 0 spiro atoms. The van der Waals surface area contributed by atoms with Gasteiger partial charge in [-0.05, 0) is 37.0 Å². The Kier molecular flexibility index (Phi) is 8.51. The van der Waals surface area contributed by atoms with Crippen LogP contribution in [0.2, 0.25) is 0 Å². The first kappa shape index (κ1) is 27.6. The van der Waals surface area contributed by atoms with E-state index in [0.717, 1.165) is 42.4 Å². The number of hydrogen-bond acceptors (Lipinski definition) is 5. The number of rotatable bonds is 10. The van der Waals surface area contributed by atoms with Crippen LogP contribution < -0.4 is 0 Å². The highest BCUT2D eigenvalue weighted by Gasteiger charge is 2.51. The van der Waals surface area contributed by atoms with Crippen LogP contribution in [0.5, 0.6) is 0 Å². The minimum atomic E-state index is -0.870. The first-order chi connectivity index (χ1) is 18.9. The van der Waals surface area contributed by atoms with Crippen LogP contribution in [0.25, 0.3) is 0 Å². The lowest BCUT2D eigenvalue weighted by Crippen LogP contribution is -2.58. The first-order valence-corrected chi connectivity index (χ1v) is 14.3. The molecule has 3 aromatic carbocycles. The Hall–Kier alpha value is -2.99. The van der Waals surface area contributed by atoms with Crippen molar-refractivity contribution in [1.82, 2.24) is 0 Å². The van der Waals surface area contributed by atoms with Crippen LogP contribution in [0.4, 0.5) is 0 Å². The Labute approximate surface area is 232 Å². The van der Waals surface area contributed by atoms with Gasteiger partial charge in [-0.1, -0.05) is 117 Å². The van der Waals surface area contributed by atoms with Crippen molar-refractivity contribution in [3.8, 4) is 0 Å². The van der Waals surface area contributed by atoms with E-state index in [-0.39, 0.29) is 24.8 Å². The maximum atomic E-state index is 13.4. The minimum absolute atomic E-state index is 0.197. The van der Waals surface area contributed by atoms with Gasteiger partial charge in [0.25, 0.3) is 0 Å². The molecule has 2 aliphatic heterocycles. The van der Waals surface area contributed by atoms with Gasteiger partial charge in [0.15, 0.2) is 5.79 Å². The summed E-state index contributed by atoms with van der Waals surface area (Å²) >= 11 is 0. The highest BCUT2D eigenvalue weighted by molar-refractivity contribution is 5.75. The number of carbonyl (C=O) groups is 1. The lowest BCUT2D eigenvalue weighted by Gasteiger charge is -2.48. The maximum absolute atomic E-state index is 13.4. The number of unbranched alkanes of at least 4 members (excludes halogenated alkanes) is 2. The lowest BCUT2D eigenvalue weighted by atomic mass is 9.80. The monoisotopic (exact) mass is 528 g/mol. The van der Waals surface area contributed by atoms with Gasteiger partial charge in [0, 0.05) is 6.42 Å². The molecule has 0 bridgehead atoms. The zero-order valence-corrected chi connectivity index (χ0v) is 23.3. The number of cyclic esters (lactones) is 1. The number of ether oxygens (including phenoxy) is 4. The predicted molar refractivity (Wildman–Crippen MR) is 151 cm³/mol. The molecule has 4 unspecified atom stereocenters. The van der Waals surface area contributed by atoms with E-state index in [2.05, 4.69) is 43.3 Å². The largest absolute Gasteiger partial charge is 0.459 e. The second-order valence-electron chi connectivity index (χ2n) is 11.1. The Balaban J connectivity index is 1.43. The van der Waals surface area contributed by atoms with Crippen LogP contribution in [0.15, 0.2) is 91.0 Å². The Morgan fingerprint density at radius 1 is 0.821 bits per heavy atom. The average molecular weight is 529 g/mol. The molecule has 5 heteroatoms. The van der Waals surface area contributed by atoms with Crippen LogP contribution in [-0.4, -0.2) is 36.7 Å². The molecule has 206 valence electrons. The summed E-state index contributed by atoms with van der Waals surface area (Å²) in [4.78, 5) is 13.4.